The van der Waals surface area contributed by atoms with Crippen LogP contribution in [-0.4, -0.2) is 32.1 Å². The van der Waals surface area contributed by atoms with Gasteiger partial charge in [0, 0.05) is 40.4 Å². The fraction of sp³-hybridized carbons (Fsp3) is 0.533. The number of nitrogens with one attached hydrogen (secondary N) is 1. The van der Waals surface area contributed by atoms with Crippen molar-refractivity contribution in [3.05, 3.63) is 33.9 Å². The Bertz CT molecular complexity index is 635. The summed E-state index contributed by atoms with van der Waals surface area (Å²) in [6.45, 7) is 1.86. The largest absolute Gasteiger partial charge is 0.398 e. The zero-order chi connectivity index (χ0) is 17.0. The van der Waals surface area contributed by atoms with E-state index in [1.54, 1.807) is 0 Å². The Morgan fingerprint density at radius 1 is 1.43 bits per heavy atom. The second kappa shape index (κ2) is 7.54. The van der Waals surface area contributed by atoms with E-state index in [2.05, 4.69) is 5.32 Å². The van der Waals surface area contributed by atoms with Crippen LogP contribution in [-0.2, 0) is 10.8 Å². The number of benzene rings is 1. The van der Waals surface area contributed by atoms with Crippen molar-refractivity contribution >= 4 is 28.1 Å². The second-order valence-corrected chi connectivity index (χ2v) is 7.55. The number of non-ortho nitro benzene ring substituents is 1. The number of nitrogen functional groups attached to an aromatic ring is 1. The van der Waals surface area contributed by atoms with Gasteiger partial charge in [0.1, 0.15) is 0 Å². The Hall–Kier alpha value is -1.96. The van der Waals surface area contributed by atoms with Crippen molar-refractivity contribution in [1.82, 2.24) is 5.32 Å². The molecule has 1 fully saturated rings. The minimum atomic E-state index is -0.988. The third-order valence-corrected chi connectivity index (χ3v) is 5.94. The standard InChI is InChI=1S/C15H21N3O4S/c1-2-23(22)14-6-4-3-5-13(14)17-15(19)11-9-10(18(20)21)7-8-12(11)16/h7-9,13-14H,2-6,16H2,1H3,(H,17,19). The predicted octanol–water partition coefficient (Wildman–Crippen LogP) is 1.99. The van der Waals surface area contributed by atoms with E-state index in [1.165, 1.54) is 18.2 Å². The number of anilines is 1. The van der Waals surface area contributed by atoms with E-state index in [1.807, 2.05) is 6.92 Å². The summed E-state index contributed by atoms with van der Waals surface area (Å²) in [6.07, 6.45) is 3.54. The molecule has 0 spiro atoms. The van der Waals surface area contributed by atoms with E-state index >= 15 is 0 Å². The molecule has 2 rings (SSSR count). The predicted molar refractivity (Wildman–Crippen MR) is 89.7 cm³/mol. The molecule has 126 valence electrons. The van der Waals surface area contributed by atoms with Crippen LogP contribution in [0.2, 0.25) is 0 Å². The Morgan fingerprint density at radius 2 is 2.13 bits per heavy atom. The summed E-state index contributed by atoms with van der Waals surface area (Å²) in [5.74, 6) is 0.104. The summed E-state index contributed by atoms with van der Waals surface area (Å²) in [5.41, 5.74) is 5.87. The third-order valence-electron chi connectivity index (χ3n) is 4.13. The Kier molecular flexibility index (Phi) is 5.70. The van der Waals surface area contributed by atoms with Gasteiger partial charge in [-0.1, -0.05) is 19.8 Å². The fourth-order valence-electron chi connectivity index (χ4n) is 2.89. The van der Waals surface area contributed by atoms with Crippen LogP contribution in [0.25, 0.3) is 0 Å². The van der Waals surface area contributed by atoms with Gasteiger partial charge in [0.2, 0.25) is 0 Å². The summed E-state index contributed by atoms with van der Waals surface area (Å²) in [5, 5.41) is 13.7. The Labute approximate surface area is 137 Å². The molecular formula is C15H21N3O4S. The van der Waals surface area contributed by atoms with Gasteiger partial charge in [0.15, 0.2) is 0 Å². The maximum absolute atomic E-state index is 12.5. The maximum Gasteiger partial charge on any atom is 0.270 e. The van der Waals surface area contributed by atoms with Crippen LogP contribution in [0.15, 0.2) is 18.2 Å². The molecule has 3 unspecified atom stereocenters. The molecule has 0 heterocycles. The van der Waals surface area contributed by atoms with E-state index < -0.39 is 21.6 Å². The number of amides is 1. The van der Waals surface area contributed by atoms with Crippen molar-refractivity contribution in [2.45, 2.75) is 43.9 Å². The normalized spacial score (nSPS) is 22.3. The molecule has 0 radical (unpaired) electrons. The highest BCUT2D eigenvalue weighted by Crippen LogP contribution is 2.25. The van der Waals surface area contributed by atoms with Gasteiger partial charge in [0.05, 0.1) is 15.7 Å². The molecule has 8 heteroatoms. The maximum atomic E-state index is 12.5. The molecular weight excluding hydrogens is 318 g/mol. The summed E-state index contributed by atoms with van der Waals surface area (Å²) in [7, 11) is -0.988. The highest BCUT2D eigenvalue weighted by Gasteiger charge is 2.31. The van der Waals surface area contributed by atoms with Gasteiger partial charge in [-0.25, -0.2) is 0 Å². The molecule has 3 N–H and O–H groups in total. The minimum Gasteiger partial charge on any atom is -0.398 e. The number of nitrogens with zero attached hydrogens (tertiary/aromatic N) is 1. The number of nitro groups is 1. The first-order valence-electron chi connectivity index (χ1n) is 7.66. The zero-order valence-corrected chi connectivity index (χ0v) is 13.8. The molecule has 0 saturated heterocycles. The monoisotopic (exact) mass is 339 g/mol. The van der Waals surface area contributed by atoms with Crippen LogP contribution in [0, 0.1) is 10.1 Å². The number of hydrogen-bond acceptors (Lipinski definition) is 5. The van der Waals surface area contributed by atoms with Crippen LogP contribution in [0.3, 0.4) is 0 Å². The number of rotatable bonds is 5. The van der Waals surface area contributed by atoms with Crippen LogP contribution >= 0.6 is 0 Å². The second-order valence-electron chi connectivity index (χ2n) is 5.60. The smallest absolute Gasteiger partial charge is 0.270 e. The van der Waals surface area contributed by atoms with E-state index in [4.69, 9.17) is 5.73 Å². The van der Waals surface area contributed by atoms with Crippen molar-refractivity contribution in [3.63, 3.8) is 0 Å². The van der Waals surface area contributed by atoms with Crippen molar-refractivity contribution in [2.75, 3.05) is 11.5 Å². The molecule has 3 atom stereocenters. The van der Waals surface area contributed by atoms with Gasteiger partial charge in [-0.15, -0.1) is 0 Å². The summed E-state index contributed by atoms with van der Waals surface area (Å²) in [6, 6.07) is 3.62. The van der Waals surface area contributed by atoms with Crippen molar-refractivity contribution in [2.24, 2.45) is 0 Å². The SMILES string of the molecule is CCS(=O)C1CCCCC1NC(=O)c1cc([N+](=O)[O-])ccc1N. The first kappa shape index (κ1) is 17.4. The lowest BCUT2D eigenvalue weighted by atomic mass is 9.94. The molecule has 1 saturated carbocycles. The zero-order valence-electron chi connectivity index (χ0n) is 13.0. The molecule has 1 amide bonds. The summed E-state index contributed by atoms with van der Waals surface area (Å²) >= 11 is 0. The number of hydrogen-bond donors (Lipinski definition) is 2. The summed E-state index contributed by atoms with van der Waals surface area (Å²) < 4.78 is 12.2. The molecule has 23 heavy (non-hydrogen) atoms. The Balaban J connectivity index is 2.18. The number of carbonyl (C=O) groups excluding carboxylic acids is 1. The van der Waals surface area contributed by atoms with Gasteiger partial charge in [-0.05, 0) is 18.9 Å². The van der Waals surface area contributed by atoms with Gasteiger partial charge in [-0.3, -0.25) is 19.1 Å². The van der Waals surface area contributed by atoms with E-state index in [0.717, 1.165) is 25.7 Å². The molecule has 1 aromatic rings. The first-order valence-corrected chi connectivity index (χ1v) is 9.04. The minimum absolute atomic E-state index is 0.0716. The average molecular weight is 339 g/mol. The lowest BCUT2D eigenvalue weighted by Gasteiger charge is -2.31. The average Bonchev–Trinajstić information content (AvgIpc) is 2.54. The molecule has 0 bridgehead atoms. The van der Waals surface area contributed by atoms with Crippen LogP contribution in [0.1, 0.15) is 43.0 Å². The topological polar surface area (TPSA) is 115 Å². The molecule has 1 aliphatic rings. The Morgan fingerprint density at radius 3 is 2.78 bits per heavy atom. The van der Waals surface area contributed by atoms with Crippen LogP contribution < -0.4 is 11.1 Å². The van der Waals surface area contributed by atoms with Crippen molar-refractivity contribution < 1.29 is 13.9 Å². The lowest BCUT2D eigenvalue weighted by molar-refractivity contribution is -0.384. The number of carbonyl (C=O) groups is 1. The van der Waals surface area contributed by atoms with Crippen LogP contribution in [0.4, 0.5) is 11.4 Å². The highest BCUT2D eigenvalue weighted by atomic mass is 32.2. The number of nitrogens with two attached hydrogens (primary N) is 1. The van der Waals surface area contributed by atoms with E-state index in [0.29, 0.717) is 5.75 Å². The molecule has 1 aromatic carbocycles. The molecule has 1 aliphatic carbocycles. The molecule has 7 nitrogen and oxygen atoms in total. The lowest BCUT2D eigenvalue weighted by Crippen LogP contribution is -2.47. The first-order chi connectivity index (χ1) is 10.9. The van der Waals surface area contributed by atoms with E-state index in [9.17, 15) is 19.1 Å². The van der Waals surface area contributed by atoms with Crippen LogP contribution in [0.5, 0.6) is 0 Å². The van der Waals surface area contributed by atoms with Gasteiger partial charge >= 0.3 is 0 Å². The molecule has 0 aromatic heterocycles. The third kappa shape index (κ3) is 4.07. The number of nitro benzene ring substituents is 1. The fourth-order valence-corrected chi connectivity index (χ4v) is 4.32. The quantitative estimate of drug-likeness (QED) is 0.483. The van der Waals surface area contributed by atoms with Gasteiger partial charge in [0.25, 0.3) is 11.6 Å². The van der Waals surface area contributed by atoms with E-state index in [-0.39, 0.29) is 28.2 Å². The van der Waals surface area contributed by atoms with Gasteiger partial charge < -0.3 is 11.1 Å². The summed E-state index contributed by atoms with van der Waals surface area (Å²) in [4.78, 5) is 22.7. The van der Waals surface area contributed by atoms with Crippen molar-refractivity contribution in [1.29, 1.82) is 0 Å². The molecule has 0 aliphatic heterocycles. The highest BCUT2D eigenvalue weighted by molar-refractivity contribution is 7.85. The van der Waals surface area contributed by atoms with Gasteiger partial charge in [-0.2, -0.15) is 0 Å². The van der Waals surface area contributed by atoms with Crippen molar-refractivity contribution in [3.8, 4) is 0 Å².